The molecule has 2 N–H and O–H groups in total. The number of ether oxygens (including phenoxy) is 2. The summed E-state index contributed by atoms with van der Waals surface area (Å²) in [5, 5.41) is 0. The first-order valence-electron chi connectivity index (χ1n) is 4.40. The summed E-state index contributed by atoms with van der Waals surface area (Å²) < 4.78 is 23.0. The second kappa shape index (κ2) is 5.95. The molecule has 0 fully saturated rings. The number of benzene rings is 1. The molecule has 0 atom stereocenters. The Hall–Kier alpha value is -0.780. The monoisotopic (exact) mass is 231 g/mol. The van der Waals surface area contributed by atoms with Crippen LogP contribution in [0.25, 0.3) is 0 Å². The Morgan fingerprint density at radius 2 is 2.00 bits per heavy atom. The van der Waals surface area contributed by atoms with Crippen molar-refractivity contribution in [3.63, 3.8) is 0 Å². The minimum Gasteiger partial charge on any atom is -0.399 e. The minimum atomic E-state index is -0.330. The van der Waals surface area contributed by atoms with Gasteiger partial charge in [-0.25, -0.2) is 4.39 Å². The second-order valence-electron chi connectivity index (χ2n) is 2.93. The molecule has 0 aliphatic carbocycles. The van der Waals surface area contributed by atoms with Gasteiger partial charge in [0.15, 0.2) is 6.29 Å². The van der Waals surface area contributed by atoms with E-state index >= 15 is 0 Å². The van der Waals surface area contributed by atoms with Crippen molar-refractivity contribution in [2.75, 3.05) is 25.7 Å². The Kier molecular flexibility index (Phi) is 4.87. The van der Waals surface area contributed by atoms with E-state index in [9.17, 15) is 4.39 Å². The number of anilines is 1. The topological polar surface area (TPSA) is 44.5 Å². The summed E-state index contributed by atoms with van der Waals surface area (Å²) in [4.78, 5) is 0.770. The van der Waals surface area contributed by atoms with Crippen molar-refractivity contribution >= 4 is 17.4 Å². The van der Waals surface area contributed by atoms with E-state index in [0.717, 1.165) is 4.90 Å². The maximum atomic E-state index is 13.0. The molecule has 0 spiro atoms. The third kappa shape index (κ3) is 4.07. The van der Waals surface area contributed by atoms with E-state index in [-0.39, 0.29) is 12.1 Å². The van der Waals surface area contributed by atoms with E-state index in [1.54, 1.807) is 20.3 Å². The van der Waals surface area contributed by atoms with Crippen LogP contribution in [0.4, 0.5) is 10.1 Å². The molecule has 3 nitrogen and oxygen atoms in total. The number of thioether (sulfide) groups is 1. The summed E-state index contributed by atoms with van der Waals surface area (Å²) >= 11 is 1.44. The first-order valence-corrected chi connectivity index (χ1v) is 5.38. The van der Waals surface area contributed by atoms with E-state index in [1.165, 1.54) is 23.9 Å². The Labute approximate surface area is 92.7 Å². The van der Waals surface area contributed by atoms with Crippen molar-refractivity contribution in [1.82, 2.24) is 0 Å². The molecule has 5 heteroatoms. The molecule has 1 rings (SSSR count). The molecule has 0 aromatic heterocycles. The van der Waals surface area contributed by atoms with Gasteiger partial charge < -0.3 is 15.2 Å². The third-order valence-corrected chi connectivity index (χ3v) is 2.81. The molecule has 0 aliphatic rings. The zero-order chi connectivity index (χ0) is 11.3. The number of hydrogen-bond acceptors (Lipinski definition) is 4. The molecule has 0 saturated carbocycles. The van der Waals surface area contributed by atoms with Gasteiger partial charge in [0.25, 0.3) is 0 Å². The van der Waals surface area contributed by atoms with E-state index in [0.29, 0.717) is 11.4 Å². The van der Waals surface area contributed by atoms with E-state index < -0.39 is 0 Å². The second-order valence-corrected chi connectivity index (χ2v) is 4.03. The van der Waals surface area contributed by atoms with Gasteiger partial charge in [-0.15, -0.1) is 11.8 Å². The number of nitrogens with two attached hydrogens (primary N) is 1. The highest BCUT2D eigenvalue weighted by Gasteiger charge is 2.06. The lowest BCUT2D eigenvalue weighted by Crippen LogP contribution is -2.15. The number of hydrogen-bond donors (Lipinski definition) is 1. The van der Waals surface area contributed by atoms with Crippen LogP contribution in [0.3, 0.4) is 0 Å². The predicted molar refractivity (Wildman–Crippen MR) is 59.3 cm³/mol. The van der Waals surface area contributed by atoms with Gasteiger partial charge in [-0.2, -0.15) is 0 Å². The molecule has 0 saturated heterocycles. The lowest BCUT2D eigenvalue weighted by atomic mass is 10.3. The van der Waals surface area contributed by atoms with Gasteiger partial charge in [-0.1, -0.05) is 0 Å². The zero-order valence-electron chi connectivity index (χ0n) is 8.70. The van der Waals surface area contributed by atoms with Crippen molar-refractivity contribution in [3.05, 3.63) is 24.0 Å². The molecule has 1 aromatic rings. The predicted octanol–water partition coefficient (Wildman–Crippen LogP) is 2.12. The Morgan fingerprint density at radius 1 is 1.33 bits per heavy atom. The molecule has 0 heterocycles. The number of methoxy groups -OCH3 is 2. The first-order chi connectivity index (χ1) is 7.15. The van der Waals surface area contributed by atoms with Crippen molar-refractivity contribution < 1.29 is 13.9 Å². The normalized spacial score (nSPS) is 10.9. The van der Waals surface area contributed by atoms with Crippen LogP contribution in [0, 0.1) is 5.82 Å². The van der Waals surface area contributed by atoms with Gasteiger partial charge in [-0.05, 0) is 18.2 Å². The van der Waals surface area contributed by atoms with Gasteiger partial charge in [0.05, 0.1) is 0 Å². The van der Waals surface area contributed by atoms with Crippen molar-refractivity contribution in [3.8, 4) is 0 Å². The summed E-state index contributed by atoms with van der Waals surface area (Å²) in [7, 11) is 3.13. The minimum absolute atomic E-state index is 0.292. The molecule has 0 unspecified atom stereocenters. The lowest BCUT2D eigenvalue weighted by molar-refractivity contribution is -0.0842. The molecule has 84 valence electrons. The quantitative estimate of drug-likeness (QED) is 0.479. The fourth-order valence-corrected chi connectivity index (χ4v) is 2.08. The van der Waals surface area contributed by atoms with Gasteiger partial charge in [0, 0.05) is 30.6 Å². The van der Waals surface area contributed by atoms with Crippen LogP contribution in [0.15, 0.2) is 23.1 Å². The van der Waals surface area contributed by atoms with Crippen molar-refractivity contribution in [2.45, 2.75) is 11.2 Å². The number of halogens is 1. The van der Waals surface area contributed by atoms with Crippen LogP contribution in [0.2, 0.25) is 0 Å². The van der Waals surface area contributed by atoms with Crippen LogP contribution >= 0.6 is 11.8 Å². The van der Waals surface area contributed by atoms with Crippen molar-refractivity contribution in [2.24, 2.45) is 0 Å². The molecule has 0 amide bonds. The van der Waals surface area contributed by atoms with Crippen LogP contribution in [-0.4, -0.2) is 26.3 Å². The smallest absolute Gasteiger partial charge is 0.166 e. The molecule has 0 bridgehead atoms. The summed E-state index contributed by atoms with van der Waals surface area (Å²) in [5.41, 5.74) is 5.94. The highest BCUT2D eigenvalue weighted by Crippen LogP contribution is 2.23. The molecule has 0 aliphatic heterocycles. The van der Waals surface area contributed by atoms with Crippen LogP contribution in [0.1, 0.15) is 0 Å². The maximum absolute atomic E-state index is 13.0. The highest BCUT2D eigenvalue weighted by atomic mass is 32.2. The molecular formula is C10H14FNO2S. The molecular weight excluding hydrogens is 217 g/mol. The Morgan fingerprint density at radius 3 is 2.53 bits per heavy atom. The summed E-state index contributed by atoms with van der Waals surface area (Å²) in [6.45, 7) is 0. The van der Waals surface area contributed by atoms with Crippen LogP contribution < -0.4 is 5.73 Å². The third-order valence-electron chi connectivity index (χ3n) is 1.81. The average molecular weight is 231 g/mol. The largest absolute Gasteiger partial charge is 0.399 e. The van der Waals surface area contributed by atoms with Crippen molar-refractivity contribution in [1.29, 1.82) is 0 Å². The van der Waals surface area contributed by atoms with Gasteiger partial charge >= 0.3 is 0 Å². The van der Waals surface area contributed by atoms with E-state index in [2.05, 4.69) is 0 Å². The SMILES string of the molecule is COC(CSc1cc(N)cc(F)c1)OC. The first kappa shape index (κ1) is 12.3. The van der Waals surface area contributed by atoms with Crippen LogP contribution in [0.5, 0.6) is 0 Å². The Bertz CT molecular complexity index is 298. The fraction of sp³-hybridized carbons (Fsp3) is 0.400. The molecule has 1 aromatic carbocycles. The van der Waals surface area contributed by atoms with E-state index in [4.69, 9.17) is 15.2 Å². The van der Waals surface area contributed by atoms with Gasteiger partial charge in [0.1, 0.15) is 5.82 Å². The molecule has 0 radical (unpaired) electrons. The maximum Gasteiger partial charge on any atom is 0.166 e. The average Bonchev–Trinajstić information content (AvgIpc) is 2.18. The van der Waals surface area contributed by atoms with Gasteiger partial charge in [-0.3, -0.25) is 0 Å². The van der Waals surface area contributed by atoms with Crippen LogP contribution in [-0.2, 0) is 9.47 Å². The fourth-order valence-electron chi connectivity index (χ4n) is 1.06. The van der Waals surface area contributed by atoms with E-state index in [1.807, 2.05) is 0 Å². The Balaban J connectivity index is 2.57. The summed E-state index contributed by atoms with van der Waals surface area (Å²) in [6, 6.07) is 4.44. The number of rotatable bonds is 5. The lowest BCUT2D eigenvalue weighted by Gasteiger charge is -2.12. The number of nitrogen functional groups attached to an aromatic ring is 1. The highest BCUT2D eigenvalue weighted by molar-refractivity contribution is 7.99. The standard InChI is InChI=1S/C10H14FNO2S/c1-13-10(14-2)6-15-9-4-7(11)3-8(12)5-9/h3-5,10H,6,12H2,1-2H3. The van der Waals surface area contributed by atoms with Gasteiger partial charge in [0.2, 0.25) is 0 Å². The zero-order valence-corrected chi connectivity index (χ0v) is 9.51. The summed E-state index contributed by atoms with van der Waals surface area (Å²) in [5.74, 6) is 0.263. The molecule has 15 heavy (non-hydrogen) atoms. The summed E-state index contributed by atoms with van der Waals surface area (Å²) in [6.07, 6.45) is -0.292.